The lowest BCUT2D eigenvalue weighted by Gasteiger charge is -2.18. The lowest BCUT2D eigenvalue weighted by molar-refractivity contribution is 0.629. The number of benzene rings is 1. The molecule has 1 aliphatic heterocycles. The number of nitrogens with two attached hydrogens (primary N) is 1. The Balaban J connectivity index is 1.89. The summed E-state index contributed by atoms with van der Waals surface area (Å²) >= 11 is 0. The molecule has 0 radical (unpaired) electrons. The van der Waals surface area contributed by atoms with Gasteiger partial charge in [-0.2, -0.15) is 4.98 Å². The summed E-state index contributed by atoms with van der Waals surface area (Å²) in [7, 11) is 0. The van der Waals surface area contributed by atoms with Crippen LogP contribution in [0.1, 0.15) is 16.8 Å². The lowest BCUT2D eigenvalue weighted by atomic mass is 10.1. The fraction of sp³-hybridized carbons (Fsp3) is 0.286. The van der Waals surface area contributed by atoms with Gasteiger partial charge in [-0.15, -0.1) is 0 Å². The molecule has 5 nitrogen and oxygen atoms in total. The molecule has 0 spiro atoms. The number of aromatic nitrogens is 2. The van der Waals surface area contributed by atoms with Crippen molar-refractivity contribution in [2.45, 2.75) is 19.9 Å². The van der Waals surface area contributed by atoms with E-state index in [1.807, 2.05) is 24.3 Å². The van der Waals surface area contributed by atoms with Crippen LogP contribution in [-0.4, -0.2) is 16.5 Å². The van der Waals surface area contributed by atoms with Crippen molar-refractivity contribution in [3.05, 3.63) is 41.1 Å². The summed E-state index contributed by atoms with van der Waals surface area (Å²) in [6.45, 7) is 3.75. The Hall–Kier alpha value is -2.14. The average Bonchev–Trinajstić information content (AvgIpc) is 2.42. The van der Waals surface area contributed by atoms with Crippen molar-refractivity contribution in [1.29, 1.82) is 0 Å². The molecule has 0 saturated heterocycles. The van der Waals surface area contributed by atoms with Crippen LogP contribution in [0.4, 0.5) is 17.5 Å². The molecule has 98 valence electrons. The van der Waals surface area contributed by atoms with Crippen molar-refractivity contribution in [3.8, 4) is 0 Å². The summed E-state index contributed by atoms with van der Waals surface area (Å²) in [5, 5.41) is 6.48. The van der Waals surface area contributed by atoms with E-state index < -0.39 is 0 Å². The first kappa shape index (κ1) is 11.9. The van der Waals surface area contributed by atoms with Crippen LogP contribution in [0.2, 0.25) is 0 Å². The van der Waals surface area contributed by atoms with Gasteiger partial charge in [0.05, 0.1) is 5.69 Å². The second-order valence-corrected chi connectivity index (χ2v) is 4.78. The number of anilines is 3. The number of aryl methyl sites for hydroxylation is 1. The Morgan fingerprint density at radius 1 is 1.21 bits per heavy atom. The van der Waals surface area contributed by atoms with Crippen LogP contribution in [0.3, 0.4) is 0 Å². The predicted molar refractivity (Wildman–Crippen MR) is 76.3 cm³/mol. The zero-order chi connectivity index (χ0) is 13.2. The van der Waals surface area contributed by atoms with E-state index in [1.54, 1.807) is 0 Å². The van der Waals surface area contributed by atoms with E-state index >= 15 is 0 Å². The van der Waals surface area contributed by atoms with Crippen molar-refractivity contribution < 1.29 is 0 Å². The predicted octanol–water partition coefficient (Wildman–Crippen LogP) is 1.76. The smallest absolute Gasteiger partial charge is 0.229 e. The van der Waals surface area contributed by atoms with Crippen molar-refractivity contribution in [2.24, 2.45) is 0 Å². The van der Waals surface area contributed by atoms with Gasteiger partial charge in [0.1, 0.15) is 5.82 Å². The Labute approximate surface area is 112 Å². The van der Waals surface area contributed by atoms with Gasteiger partial charge in [0.2, 0.25) is 5.95 Å². The highest BCUT2D eigenvalue weighted by Gasteiger charge is 2.15. The minimum atomic E-state index is 0.562. The summed E-state index contributed by atoms with van der Waals surface area (Å²) in [4.78, 5) is 8.87. The number of fused-ring (bicyclic) bond motifs is 1. The third kappa shape index (κ3) is 2.51. The van der Waals surface area contributed by atoms with Crippen LogP contribution in [0.5, 0.6) is 0 Å². The van der Waals surface area contributed by atoms with E-state index in [0.29, 0.717) is 11.8 Å². The average molecular weight is 255 g/mol. The topological polar surface area (TPSA) is 75.9 Å². The molecule has 4 N–H and O–H groups in total. The molecule has 5 heteroatoms. The van der Waals surface area contributed by atoms with Crippen LogP contribution in [0, 0.1) is 6.92 Å². The van der Waals surface area contributed by atoms with Crippen LogP contribution < -0.4 is 16.4 Å². The molecule has 1 aliphatic rings. The van der Waals surface area contributed by atoms with Crippen molar-refractivity contribution in [2.75, 3.05) is 17.6 Å². The largest absolute Gasteiger partial charge is 0.383 e. The summed E-state index contributed by atoms with van der Waals surface area (Å²) in [6, 6.07) is 8.12. The number of nitrogen functional groups attached to an aromatic ring is 1. The second-order valence-electron chi connectivity index (χ2n) is 4.78. The first-order chi connectivity index (χ1) is 9.22. The van der Waals surface area contributed by atoms with Crippen LogP contribution in [0.15, 0.2) is 24.3 Å². The zero-order valence-corrected chi connectivity index (χ0v) is 10.9. The normalized spacial score (nSPS) is 13.9. The summed E-state index contributed by atoms with van der Waals surface area (Å²) in [5.74, 6) is 1.13. The molecule has 0 aliphatic carbocycles. The van der Waals surface area contributed by atoms with Crippen molar-refractivity contribution in [3.63, 3.8) is 0 Å². The summed E-state index contributed by atoms with van der Waals surface area (Å²) in [6.07, 6.45) is 0.893. The minimum absolute atomic E-state index is 0.562. The molecule has 1 aromatic carbocycles. The maximum Gasteiger partial charge on any atom is 0.229 e. The van der Waals surface area contributed by atoms with Gasteiger partial charge in [-0.25, -0.2) is 4.98 Å². The van der Waals surface area contributed by atoms with E-state index in [4.69, 9.17) is 5.73 Å². The lowest BCUT2D eigenvalue weighted by Crippen LogP contribution is -2.26. The molecule has 0 fully saturated rings. The third-order valence-corrected chi connectivity index (χ3v) is 3.27. The first-order valence-corrected chi connectivity index (χ1v) is 6.42. The van der Waals surface area contributed by atoms with Crippen molar-refractivity contribution >= 4 is 17.5 Å². The second kappa shape index (κ2) is 4.85. The van der Waals surface area contributed by atoms with Gasteiger partial charge < -0.3 is 16.4 Å². The van der Waals surface area contributed by atoms with Gasteiger partial charge in [0.25, 0.3) is 0 Å². The van der Waals surface area contributed by atoms with Gasteiger partial charge in [-0.3, -0.25) is 0 Å². The monoisotopic (exact) mass is 255 g/mol. The van der Waals surface area contributed by atoms with E-state index in [1.165, 1.54) is 5.56 Å². The van der Waals surface area contributed by atoms with E-state index in [0.717, 1.165) is 36.5 Å². The Morgan fingerprint density at radius 2 is 2.00 bits per heavy atom. The quantitative estimate of drug-likeness (QED) is 0.762. The molecule has 0 unspecified atom stereocenters. The number of hydrogen-bond acceptors (Lipinski definition) is 5. The van der Waals surface area contributed by atoms with Crippen molar-refractivity contribution in [1.82, 2.24) is 15.3 Å². The molecule has 2 heterocycles. The third-order valence-electron chi connectivity index (χ3n) is 3.27. The SMILES string of the molecule is Cc1ccc(Nc2nc(N)c3c(n2)CCNC3)cc1. The number of nitrogens with zero attached hydrogens (tertiary/aromatic N) is 2. The van der Waals surface area contributed by atoms with Gasteiger partial charge in [-0.05, 0) is 19.1 Å². The van der Waals surface area contributed by atoms with E-state index in [9.17, 15) is 0 Å². The first-order valence-electron chi connectivity index (χ1n) is 6.42. The summed E-state index contributed by atoms with van der Waals surface area (Å²) < 4.78 is 0. The Bertz CT molecular complexity index is 592. The Morgan fingerprint density at radius 3 is 2.79 bits per heavy atom. The number of rotatable bonds is 2. The maximum absolute atomic E-state index is 5.99. The molecular weight excluding hydrogens is 238 g/mol. The molecule has 3 rings (SSSR count). The highest BCUT2D eigenvalue weighted by Crippen LogP contribution is 2.21. The highest BCUT2D eigenvalue weighted by molar-refractivity contribution is 5.57. The summed E-state index contributed by atoms with van der Waals surface area (Å²) in [5.41, 5.74) is 10.3. The molecule has 19 heavy (non-hydrogen) atoms. The minimum Gasteiger partial charge on any atom is -0.383 e. The molecule has 0 saturated carbocycles. The molecule has 0 amide bonds. The molecule has 2 aromatic rings. The number of nitrogens with one attached hydrogen (secondary N) is 2. The van der Waals surface area contributed by atoms with E-state index in [-0.39, 0.29) is 0 Å². The van der Waals surface area contributed by atoms with Gasteiger partial charge in [0.15, 0.2) is 0 Å². The molecule has 0 atom stereocenters. The van der Waals surface area contributed by atoms with Crippen LogP contribution in [0.25, 0.3) is 0 Å². The molecule has 1 aromatic heterocycles. The molecule has 0 bridgehead atoms. The maximum atomic E-state index is 5.99. The van der Waals surface area contributed by atoms with Gasteiger partial charge >= 0.3 is 0 Å². The van der Waals surface area contributed by atoms with Gasteiger partial charge in [-0.1, -0.05) is 17.7 Å². The Kier molecular flexibility index (Phi) is 3.05. The fourth-order valence-corrected chi connectivity index (χ4v) is 2.19. The standard InChI is InChI=1S/C14H17N5/c1-9-2-4-10(5-3-9)17-14-18-12-6-7-16-8-11(12)13(15)19-14/h2-5,16H,6-8H2,1H3,(H3,15,17,18,19). The fourth-order valence-electron chi connectivity index (χ4n) is 2.19. The van der Waals surface area contributed by atoms with E-state index in [2.05, 4.69) is 27.5 Å². The van der Waals surface area contributed by atoms with Gasteiger partial charge in [0, 0.05) is 30.8 Å². The van der Waals surface area contributed by atoms with Crippen LogP contribution >= 0.6 is 0 Å². The van der Waals surface area contributed by atoms with Crippen LogP contribution in [-0.2, 0) is 13.0 Å². The zero-order valence-electron chi connectivity index (χ0n) is 10.9. The highest BCUT2D eigenvalue weighted by atomic mass is 15.1. The number of hydrogen-bond donors (Lipinski definition) is 3. The molecular formula is C14H17N5.